The summed E-state index contributed by atoms with van der Waals surface area (Å²) in [7, 11) is 1.37. The van der Waals surface area contributed by atoms with Gasteiger partial charge in [-0.1, -0.05) is 41.4 Å². The number of carbonyl (C=O) groups excluding carboxylic acids is 1. The van der Waals surface area contributed by atoms with Crippen molar-refractivity contribution in [3.8, 4) is 11.4 Å². The number of aromatic nitrogens is 2. The average Bonchev–Trinajstić information content (AvgIpc) is 3.02. The Hall–Kier alpha value is -2.30. The minimum atomic E-state index is -0.363. The van der Waals surface area contributed by atoms with Crippen molar-refractivity contribution in [3.63, 3.8) is 0 Å². The minimum Gasteiger partial charge on any atom is -0.465 e. The average molecular weight is 361 g/mol. The van der Waals surface area contributed by atoms with Crippen LogP contribution in [0.25, 0.3) is 11.4 Å². The van der Waals surface area contributed by atoms with Crippen molar-refractivity contribution in [2.24, 2.45) is 0 Å². The summed E-state index contributed by atoms with van der Waals surface area (Å²) >= 11 is 12.2. The standard InChI is InChI=1S/C18H14Cl2N2O2/c1-24-18(23)16-5-3-2-4-12(16)11-22-7-6-21-17(22)13-8-14(19)10-15(20)9-13/h2-10H,11H2,1H3. The van der Waals surface area contributed by atoms with Crippen LogP contribution in [0.3, 0.4) is 0 Å². The quantitative estimate of drug-likeness (QED) is 0.633. The first-order valence-corrected chi connectivity index (χ1v) is 7.98. The number of rotatable bonds is 4. The molecule has 0 saturated carbocycles. The first kappa shape index (κ1) is 16.6. The van der Waals surface area contributed by atoms with Crippen LogP contribution >= 0.6 is 23.2 Å². The number of hydrogen-bond acceptors (Lipinski definition) is 3. The Morgan fingerprint density at radius 3 is 2.58 bits per heavy atom. The Morgan fingerprint density at radius 1 is 1.17 bits per heavy atom. The van der Waals surface area contributed by atoms with Crippen LogP contribution in [0.5, 0.6) is 0 Å². The van der Waals surface area contributed by atoms with Crippen molar-refractivity contribution in [1.29, 1.82) is 0 Å². The molecule has 0 spiro atoms. The zero-order valence-electron chi connectivity index (χ0n) is 12.9. The highest BCUT2D eigenvalue weighted by Crippen LogP contribution is 2.27. The molecule has 0 radical (unpaired) electrons. The topological polar surface area (TPSA) is 44.1 Å². The van der Waals surface area contributed by atoms with Gasteiger partial charge in [0, 0.05) is 34.5 Å². The van der Waals surface area contributed by atoms with Gasteiger partial charge in [-0.3, -0.25) is 0 Å². The van der Waals surface area contributed by atoms with Crippen LogP contribution in [0.1, 0.15) is 15.9 Å². The molecule has 0 unspecified atom stereocenters. The maximum absolute atomic E-state index is 11.9. The molecule has 122 valence electrons. The fourth-order valence-electron chi connectivity index (χ4n) is 2.53. The van der Waals surface area contributed by atoms with Crippen LogP contribution in [-0.4, -0.2) is 22.6 Å². The van der Waals surface area contributed by atoms with Crippen molar-refractivity contribution in [2.75, 3.05) is 7.11 Å². The summed E-state index contributed by atoms with van der Waals surface area (Å²) in [5.41, 5.74) is 2.19. The number of carbonyl (C=O) groups is 1. The summed E-state index contributed by atoms with van der Waals surface area (Å²) in [6, 6.07) is 12.6. The molecule has 0 amide bonds. The lowest BCUT2D eigenvalue weighted by Crippen LogP contribution is -2.09. The molecule has 0 bridgehead atoms. The van der Waals surface area contributed by atoms with Gasteiger partial charge in [-0.25, -0.2) is 9.78 Å². The van der Waals surface area contributed by atoms with Gasteiger partial charge < -0.3 is 9.30 Å². The Labute approximate surface area is 149 Å². The third-order valence-electron chi connectivity index (χ3n) is 3.60. The van der Waals surface area contributed by atoms with Gasteiger partial charge in [0.2, 0.25) is 0 Å². The number of benzene rings is 2. The van der Waals surface area contributed by atoms with Gasteiger partial charge in [0.1, 0.15) is 5.82 Å². The molecule has 0 aliphatic heterocycles. The molecule has 1 aromatic heterocycles. The summed E-state index contributed by atoms with van der Waals surface area (Å²) in [5, 5.41) is 1.09. The summed E-state index contributed by atoms with van der Waals surface area (Å²) in [6.45, 7) is 0.477. The number of esters is 1. The second-order valence-corrected chi connectivity index (χ2v) is 6.06. The van der Waals surface area contributed by atoms with Crippen molar-refractivity contribution in [3.05, 3.63) is 76.0 Å². The van der Waals surface area contributed by atoms with Crippen molar-refractivity contribution >= 4 is 29.2 Å². The van der Waals surface area contributed by atoms with E-state index in [1.807, 2.05) is 22.9 Å². The first-order chi connectivity index (χ1) is 11.6. The first-order valence-electron chi connectivity index (χ1n) is 7.22. The van der Waals surface area contributed by atoms with Crippen LogP contribution in [-0.2, 0) is 11.3 Å². The fraction of sp³-hybridized carbons (Fsp3) is 0.111. The lowest BCUT2D eigenvalue weighted by molar-refractivity contribution is 0.0599. The second kappa shape index (κ2) is 7.07. The SMILES string of the molecule is COC(=O)c1ccccc1Cn1ccnc1-c1cc(Cl)cc(Cl)c1. The molecular formula is C18H14Cl2N2O2. The van der Waals surface area contributed by atoms with E-state index in [9.17, 15) is 4.79 Å². The van der Waals surface area contributed by atoms with Crippen molar-refractivity contribution in [2.45, 2.75) is 6.54 Å². The Bertz CT molecular complexity index is 870. The zero-order valence-corrected chi connectivity index (χ0v) is 14.4. The molecule has 6 heteroatoms. The highest BCUT2D eigenvalue weighted by atomic mass is 35.5. The lowest BCUT2D eigenvalue weighted by Gasteiger charge is -2.11. The highest BCUT2D eigenvalue weighted by molar-refractivity contribution is 6.35. The van der Waals surface area contributed by atoms with E-state index >= 15 is 0 Å². The van der Waals surface area contributed by atoms with E-state index in [1.165, 1.54) is 7.11 Å². The fourth-order valence-corrected chi connectivity index (χ4v) is 3.06. The largest absolute Gasteiger partial charge is 0.465 e. The maximum Gasteiger partial charge on any atom is 0.338 e. The van der Waals surface area contributed by atoms with Crippen molar-refractivity contribution in [1.82, 2.24) is 9.55 Å². The van der Waals surface area contributed by atoms with Crippen LogP contribution in [0.2, 0.25) is 10.0 Å². The van der Waals surface area contributed by atoms with Gasteiger partial charge in [-0.2, -0.15) is 0 Å². The molecular weight excluding hydrogens is 347 g/mol. The van der Waals surface area contributed by atoms with E-state index < -0.39 is 0 Å². The van der Waals surface area contributed by atoms with Crippen LogP contribution in [0.15, 0.2) is 54.9 Å². The molecule has 4 nitrogen and oxygen atoms in total. The van der Waals surface area contributed by atoms with Crippen LogP contribution in [0.4, 0.5) is 0 Å². The molecule has 0 N–H and O–H groups in total. The lowest BCUT2D eigenvalue weighted by atomic mass is 10.1. The second-order valence-electron chi connectivity index (χ2n) is 5.19. The van der Waals surface area contributed by atoms with Gasteiger partial charge in [0.15, 0.2) is 0 Å². The molecule has 0 aliphatic carbocycles. The van der Waals surface area contributed by atoms with Gasteiger partial charge in [-0.05, 0) is 29.8 Å². The molecule has 0 fully saturated rings. The molecule has 1 heterocycles. The summed E-state index contributed by atoms with van der Waals surface area (Å²) < 4.78 is 6.78. The van der Waals surface area contributed by atoms with Gasteiger partial charge in [-0.15, -0.1) is 0 Å². The van der Waals surface area contributed by atoms with E-state index in [0.29, 0.717) is 22.2 Å². The predicted molar refractivity (Wildman–Crippen MR) is 94.6 cm³/mol. The molecule has 2 aromatic carbocycles. The molecule has 24 heavy (non-hydrogen) atoms. The number of halogens is 2. The molecule has 3 aromatic rings. The van der Waals surface area contributed by atoms with Gasteiger partial charge >= 0.3 is 5.97 Å². The van der Waals surface area contributed by atoms with E-state index in [0.717, 1.165) is 17.0 Å². The molecule has 3 rings (SSSR count). The number of imidazole rings is 1. The van der Waals surface area contributed by atoms with Crippen LogP contribution in [0, 0.1) is 0 Å². The van der Waals surface area contributed by atoms with Crippen molar-refractivity contribution < 1.29 is 9.53 Å². The van der Waals surface area contributed by atoms with E-state index in [-0.39, 0.29) is 5.97 Å². The van der Waals surface area contributed by atoms with Crippen LogP contribution < -0.4 is 0 Å². The maximum atomic E-state index is 11.9. The number of nitrogens with zero attached hydrogens (tertiary/aromatic N) is 2. The predicted octanol–water partition coefficient (Wildman–Crippen LogP) is 4.69. The monoisotopic (exact) mass is 360 g/mol. The third-order valence-corrected chi connectivity index (χ3v) is 4.04. The van der Waals surface area contributed by atoms with Gasteiger partial charge in [0.05, 0.1) is 12.7 Å². The smallest absolute Gasteiger partial charge is 0.338 e. The summed E-state index contributed by atoms with van der Waals surface area (Å²) in [4.78, 5) is 16.3. The molecule has 0 saturated heterocycles. The van der Waals surface area contributed by atoms with E-state index in [1.54, 1.807) is 36.5 Å². The number of hydrogen-bond donors (Lipinski definition) is 0. The normalized spacial score (nSPS) is 10.6. The molecule has 0 aliphatic rings. The Kier molecular flexibility index (Phi) is 4.88. The number of ether oxygens (including phenoxy) is 1. The highest BCUT2D eigenvalue weighted by Gasteiger charge is 2.14. The summed E-state index contributed by atoms with van der Waals surface area (Å²) in [6.07, 6.45) is 3.54. The Morgan fingerprint density at radius 2 is 1.88 bits per heavy atom. The Balaban J connectivity index is 1.99. The summed E-state index contributed by atoms with van der Waals surface area (Å²) in [5.74, 6) is 0.358. The molecule has 0 atom stereocenters. The zero-order chi connectivity index (χ0) is 17.1. The van der Waals surface area contributed by atoms with E-state index in [2.05, 4.69) is 4.98 Å². The number of methoxy groups -OCH3 is 1. The third kappa shape index (κ3) is 3.45. The van der Waals surface area contributed by atoms with E-state index in [4.69, 9.17) is 27.9 Å². The minimum absolute atomic E-state index is 0.363. The van der Waals surface area contributed by atoms with Gasteiger partial charge in [0.25, 0.3) is 0 Å².